The van der Waals surface area contributed by atoms with Gasteiger partial charge in [-0.2, -0.15) is 9.40 Å². The number of carboxylic acid groups (broad SMARTS) is 1. The van der Waals surface area contributed by atoms with Gasteiger partial charge in [0, 0.05) is 45.0 Å². The van der Waals surface area contributed by atoms with Crippen molar-refractivity contribution < 1.29 is 46.0 Å². The number of morpholine rings is 1. The Morgan fingerprint density at radius 2 is 1.53 bits per heavy atom. The zero-order valence-corrected chi connectivity index (χ0v) is 35.5. The molecule has 16 heteroatoms. The molecule has 0 amide bonds. The van der Waals surface area contributed by atoms with E-state index in [1.54, 1.807) is 74.5 Å². The molecular formula is C44H51F2N5O8S. The third-order valence-corrected chi connectivity index (χ3v) is 12.1. The van der Waals surface area contributed by atoms with E-state index in [4.69, 9.17) is 18.9 Å². The first kappa shape index (κ1) is 44.1. The van der Waals surface area contributed by atoms with Crippen LogP contribution in [0, 0.1) is 11.6 Å². The minimum atomic E-state index is -4.60. The van der Waals surface area contributed by atoms with Crippen molar-refractivity contribution in [3.8, 4) is 28.5 Å². The number of benzene rings is 3. The van der Waals surface area contributed by atoms with Gasteiger partial charge in [0.2, 0.25) is 10.9 Å². The van der Waals surface area contributed by atoms with Crippen molar-refractivity contribution in [2.75, 3.05) is 47.1 Å². The highest BCUT2D eigenvalue weighted by Gasteiger charge is 2.38. The second-order valence-corrected chi connectivity index (χ2v) is 17.4. The molecule has 1 N–H and O–H groups in total. The lowest BCUT2D eigenvalue weighted by Crippen LogP contribution is -2.40. The van der Waals surface area contributed by atoms with Gasteiger partial charge in [-0.1, -0.05) is 38.1 Å². The molecule has 0 atom stereocenters. The molecular weight excluding hydrogens is 797 g/mol. The topological polar surface area (TPSA) is 146 Å². The Balaban J connectivity index is 1.36. The van der Waals surface area contributed by atoms with Crippen LogP contribution in [0.5, 0.6) is 17.4 Å². The van der Waals surface area contributed by atoms with Gasteiger partial charge in [0.25, 0.3) is 10.0 Å². The number of hydrogen-bond donors (Lipinski definition) is 1. The van der Waals surface area contributed by atoms with Crippen LogP contribution in [0.25, 0.3) is 11.1 Å². The van der Waals surface area contributed by atoms with E-state index in [-0.39, 0.29) is 50.2 Å². The highest BCUT2D eigenvalue weighted by molar-refractivity contribution is 7.89. The number of hydrogen-bond acceptors (Lipinski definition) is 10. The fraction of sp³-hybridized carbons (Fsp3) is 0.386. The molecule has 2 aromatic heterocycles. The highest BCUT2D eigenvalue weighted by atomic mass is 32.2. The van der Waals surface area contributed by atoms with Gasteiger partial charge in [-0.15, -0.1) is 0 Å². The molecule has 0 spiro atoms. The van der Waals surface area contributed by atoms with Gasteiger partial charge in [0.05, 0.1) is 45.1 Å². The Hall–Kier alpha value is -5.42. The van der Waals surface area contributed by atoms with Crippen molar-refractivity contribution in [2.45, 2.75) is 70.2 Å². The Labute approximate surface area is 349 Å². The minimum Gasteiger partial charge on any atom is -0.497 e. The van der Waals surface area contributed by atoms with E-state index in [2.05, 4.69) is 10.1 Å². The fourth-order valence-electron chi connectivity index (χ4n) is 7.15. The van der Waals surface area contributed by atoms with Gasteiger partial charge in [-0.05, 0) is 95.6 Å². The molecule has 1 aliphatic rings. The van der Waals surface area contributed by atoms with Gasteiger partial charge in [-0.3, -0.25) is 14.4 Å². The molecule has 0 bridgehead atoms. The van der Waals surface area contributed by atoms with Crippen molar-refractivity contribution in [1.82, 2.24) is 24.0 Å². The zero-order chi connectivity index (χ0) is 43.2. The van der Waals surface area contributed by atoms with Crippen molar-refractivity contribution in [3.63, 3.8) is 0 Å². The maximum atomic E-state index is 17.1. The minimum absolute atomic E-state index is 0.0515. The van der Waals surface area contributed by atoms with Crippen LogP contribution < -0.4 is 14.2 Å². The van der Waals surface area contributed by atoms with E-state index in [1.165, 1.54) is 41.5 Å². The van der Waals surface area contributed by atoms with Crippen LogP contribution in [-0.4, -0.2) is 90.6 Å². The number of carbonyl (C=O) groups is 1. The number of sulfonamides is 1. The molecule has 3 aromatic carbocycles. The van der Waals surface area contributed by atoms with Gasteiger partial charge >= 0.3 is 5.97 Å². The summed E-state index contributed by atoms with van der Waals surface area (Å²) in [4.78, 5) is 18.2. The van der Waals surface area contributed by atoms with E-state index in [9.17, 15) is 22.7 Å². The third kappa shape index (κ3) is 10.3. The summed E-state index contributed by atoms with van der Waals surface area (Å²) >= 11 is 0. The quantitative estimate of drug-likeness (QED) is 0.0971. The molecule has 0 saturated carbocycles. The number of carboxylic acids is 1. The summed E-state index contributed by atoms with van der Waals surface area (Å²) in [5.41, 5.74) is 2.17. The second-order valence-electron chi connectivity index (χ2n) is 15.6. The lowest BCUT2D eigenvalue weighted by molar-refractivity contribution is -0.136. The Kier molecular flexibility index (Phi) is 13.9. The molecule has 0 radical (unpaired) electrons. The number of aliphatic carboxylic acids is 1. The number of nitrogens with zero attached hydrogens (tertiary/aromatic N) is 5. The first-order valence-corrected chi connectivity index (χ1v) is 21.0. The highest BCUT2D eigenvalue weighted by Crippen LogP contribution is 2.34. The fourth-order valence-corrected chi connectivity index (χ4v) is 8.56. The Bertz CT molecular complexity index is 2330. The molecule has 3 heterocycles. The van der Waals surface area contributed by atoms with Crippen LogP contribution in [0.15, 0.2) is 84.0 Å². The molecule has 1 saturated heterocycles. The molecule has 5 aromatic rings. The first-order valence-electron chi connectivity index (χ1n) is 19.6. The van der Waals surface area contributed by atoms with Gasteiger partial charge in [-0.25, -0.2) is 22.2 Å². The van der Waals surface area contributed by atoms with Gasteiger partial charge in [0.1, 0.15) is 23.9 Å². The predicted octanol–water partition coefficient (Wildman–Crippen LogP) is 7.03. The van der Waals surface area contributed by atoms with Crippen molar-refractivity contribution in [1.29, 1.82) is 0 Å². The molecule has 0 aliphatic carbocycles. The van der Waals surface area contributed by atoms with E-state index < -0.39 is 38.2 Å². The first-order chi connectivity index (χ1) is 28.6. The SMILES string of the molecule is COc1ccc(CN(Cc2ccc(OC)cc2)S(=O)(=O)c2nn(C(C)(C)COc3cc(-c4cc(F)cc(C(C)C)c4CC(=O)O)ccn3)c(CN3CCOCC3)c2F)cc1. The number of aromatic nitrogens is 3. The summed E-state index contributed by atoms with van der Waals surface area (Å²) in [5.74, 6) is -1.33. The monoisotopic (exact) mass is 847 g/mol. The van der Waals surface area contributed by atoms with Crippen molar-refractivity contribution in [2.24, 2.45) is 0 Å². The second kappa shape index (κ2) is 18.9. The normalized spacial score (nSPS) is 13.8. The molecule has 13 nitrogen and oxygen atoms in total. The van der Waals surface area contributed by atoms with Gasteiger partial charge < -0.3 is 24.1 Å². The standard InChI is InChI=1S/C44H51F2N5O8S/c1-29(2)36-22-33(45)23-37(38(36)24-41(52)53)32-15-16-47-40(21-32)59-28-44(3,4)51-39(27-49-17-19-58-20-18-49)42(46)43(48-51)60(54,55)50(25-30-7-11-34(56-5)12-8-30)26-31-9-13-35(57-6)14-10-31/h7-16,21-23,29H,17-20,24-28H2,1-6H3,(H,52,53). The van der Waals surface area contributed by atoms with E-state index in [1.807, 2.05) is 18.7 Å². The summed E-state index contributed by atoms with van der Waals surface area (Å²) in [5, 5.41) is 13.5. The predicted molar refractivity (Wildman–Crippen MR) is 221 cm³/mol. The zero-order valence-electron chi connectivity index (χ0n) is 34.7. The molecule has 6 rings (SSSR count). The summed E-state index contributed by atoms with van der Waals surface area (Å²) in [7, 11) is -1.52. The van der Waals surface area contributed by atoms with E-state index >= 15 is 4.39 Å². The number of rotatable bonds is 18. The van der Waals surface area contributed by atoms with Crippen LogP contribution in [0.2, 0.25) is 0 Å². The number of ether oxygens (including phenoxy) is 4. The molecule has 1 fully saturated rings. The van der Waals surface area contributed by atoms with Crippen LogP contribution >= 0.6 is 0 Å². The average molecular weight is 848 g/mol. The summed E-state index contributed by atoms with van der Waals surface area (Å²) in [6, 6.07) is 19.8. The third-order valence-electron chi connectivity index (χ3n) is 10.4. The number of pyridine rings is 1. The number of methoxy groups -OCH3 is 2. The number of halogens is 2. The summed E-state index contributed by atoms with van der Waals surface area (Å²) in [6.45, 7) is 8.86. The maximum Gasteiger partial charge on any atom is 0.307 e. The van der Waals surface area contributed by atoms with E-state index in [0.29, 0.717) is 71.2 Å². The lowest BCUT2D eigenvalue weighted by atomic mass is 9.88. The van der Waals surface area contributed by atoms with Crippen molar-refractivity contribution in [3.05, 3.63) is 119 Å². The summed E-state index contributed by atoms with van der Waals surface area (Å²) in [6.07, 6.45) is 1.17. The van der Waals surface area contributed by atoms with Crippen LogP contribution in [0.1, 0.15) is 61.6 Å². The van der Waals surface area contributed by atoms with Gasteiger partial charge in [0.15, 0.2) is 5.82 Å². The molecule has 1 aliphatic heterocycles. The largest absolute Gasteiger partial charge is 0.497 e. The maximum absolute atomic E-state index is 17.1. The molecule has 0 unspecified atom stereocenters. The van der Waals surface area contributed by atoms with Crippen LogP contribution in [-0.2, 0) is 51.1 Å². The average Bonchev–Trinajstić information content (AvgIpc) is 3.57. The van der Waals surface area contributed by atoms with Crippen molar-refractivity contribution >= 4 is 16.0 Å². The van der Waals surface area contributed by atoms with Crippen LogP contribution in [0.4, 0.5) is 8.78 Å². The Morgan fingerprint density at radius 3 is 2.08 bits per heavy atom. The smallest absolute Gasteiger partial charge is 0.307 e. The van der Waals surface area contributed by atoms with Crippen LogP contribution in [0.3, 0.4) is 0 Å². The van der Waals surface area contributed by atoms with E-state index in [0.717, 1.165) is 0 Å². The Morgan fingerprint density at radius 1 is 0.933 bits per heavy atom. The summed E-state index contributed by atoms with van der Waals surface area (Å²) < 4.78 is 86.4. The molecule has 60 heavy (non-hydrogen) atoms. The molecule has 320 valence electrons. The lowest BCUT2D eigenvalue weighted by Gasteiger charge is -2.30.